The molecular weight excluding hydrogens is 322 g/mol. The minimum absolute atomic E-state index is 0.0261. The maximum Gasteiger partial charge on any atom is 0.409 e. The quantitative estimate of drug-likeness (QED) is 0.779. The third kappa shape index (κ3) is 4.28. The number of piperazine rings is 1. The van der Waals surface area contributed by atoms with Gasteiger partial charge in [-0.2, -0.15) is 0 Å². The predicted molar refractivity (Wildman–Crippen MR) is 95.7 cm³/mol. The molecule has 0 aliphatic carbocycles. The van der Waals surface area contributed by atoms with Gasteiger partial charge in [0.15, 0.2) is 0 Å². The summed E-state index contributed by atoms with van der Waals surface area (Å²) in [6.07, 6.45) is 0.711. The molecule has 1 unspecified atom stereocenters. The van der Waals surface area contributed by atoms with Crippen LogP contribution < -0.4 is 14.4 Å². The Morgan fingerprint density at radius 1 is 1.08 bits per heavy atom. The minimum Gasteiger partial charge on any atom is -0.497 e. The lowest BCUT2D eigenvalue weighted by molar-refractivity contribution is 0.121. The number of rotatable bonds is 6. The SMILES string of the molecule is COc1cc(OC)cc(N2CCN(CCC3CN(C)C(=O)O3)CC2)c1. The van der Waals surface area contributed by atoms with Crippen LogP contribution in [0.3, 0.4) is 0 Å². The lowest BCUT2D eigenvalue weighted by Gasteiger charge is -2.36. The molecule has 7 nitrogen and oxygen atoms in total. The predicted octanol–water partition coefficient (Wildman–Crippen LogP) is 1.67. The lowest BCUT2D eigenvalue weighted by Crippen LogP contribution is -2.47. The third-order valence-corrected chi connectivity index (χ3v) is 4.90. The van der Waals surface area contributed by atoms with E-state index in [-0.39, 0.29) is 12.2 Å². The fourth-order valence-corrected chi connectivity index (χ4v) is 3.33. The zero-order valence-electron chi connectivity index (χ0n) is 15.2. The van der Waals surface area contributed by atoms with Crippen LogP contribution in [0.25, 0.3) is 0 Å². The lowest BCUT2D eigenvalue weighted by atomic mass is 10.2. The molecule has 0 N–H and O–H groups in total. The highest BCUT2D eigenvalue weighted by Gasteiger charge is 2.28. The monoisotopic (exact) mass is 349 g/mol. The second-order valence-corrected chi connectivity index (χ2v) is 6.57. The van der Waals surface area contributed by atoms with Crippen molar-refractivity contribution in [3.05, 3.63) is 18.2 Å². The van der Waals surface area contributed by atoms with E-state index in [0.29, 0.717) is 6.54 Å². The summed E-state index contributed by atoms with van der Waals surface area (Å²) in [5.41, 5.74) is 1.13. The number of ether oxygens (including phenoxy) is 3. The summed E-state index contributed by atoms with van der Waals surface area (Å²) in [7, 11) is 5.12. The van der Waals surface area contributed by atoms with Gasteiger partial charge in [0, 0.05) is 63.7 Å². The number of cyclic esters (lactones) is 1. The standard InChI is InChI=1S/C18H27N3O4/c1-19-13-15(25-18(19)22)4-5-20-6-8-21(9-7-20)14-10-16(23-2)12-17(11-14)24-3/h10-12,15H,4-9,13H2,1-3H3. The number of nitrogens with zero attached hydrogens (tertiary/aromatic N) is 3. The fraction of sp³-hybridized carbons (Fsp3) is 0.611. The summed E-state index contributed by atoms with van der Waals surface area (Å²) < 4.78 is 16.0. The van der Waals surface area contributed by atoms with E-state index in [1.54, 1.807) is 26.2 Å². The number of methoxy groups -OCH3 is 2. The number of hydrogen-bond acceptors (Lipinski definition) is 6. The maximum atomic E-state index is 11.4. The largest absolute Gasteiger partial charge is 0.497 e. The molecule has 138 valence electrons. The molecule has 0 aromatic heterocycles. The van der Waals surface area contributed by atoms with Crippen LogP contribution in [0.1, 0.15) is 6.42 Å². The van der Waals surface area contributed by atoms with Gasteiger partial charge < -0.3 is 24.0 Å². The van der Waals surface area contributed by atoms with E-state index in [9.17, 15) is 4.79 Å². The molecule has 0 bridgehead atoms. The summed E-state index contributed by atoms with van der Waals surface area (Å²) in [5.74, 6) is 1.62. The number of carbonyl (C=O) groups excluding carboxylic acids is 1. The van der Waals surface area contributed by atoms with Crippen molar-refractivity contribution in [1.82, 2.24) is 9.80 Å². The fourth-order valence-electron chi connectivity index (χ4n) is 3.33. The van der Waals surface area contributed by atoms with E-state index < -0.39 is 0 Å². The summed E-state index contributed by atoms with van der Waals surface area (Å²) in [6, 6.07) is 5.98. The van der Waals surface area contributed by atoms with E-state index in [2.05, 4.69) is 9.80 Å². The molecule has 1 aromatic rings. The molecule has 2 aliphatic heterocycles. The van der Waals surface area contributed by atoms with Crippen molar-refractivity contribution in [1.29, 1.82) is 0 Å². The second kappa shape index (κ2) is 7.82. The minimum atomic E-state index is -0.207. The summed E-state index contributed by atoms with van der Waals surface area (Å²) >= 11 is 0. The molecular formula is C18H27N3O4. The molecule has 0 radical (unpaired) electrons. The van der Waals surface area contributed by atoms with Gasteiger partial charge in [0.2, 0.25) is 0 Å². The van der Waals surface area contributed by atoms with Crippen LogP contribution in [0, 0.1) is 0 Å². The molecule has 3 rings (SSSR count). The van der Waals surface area contributed by atoms with Gasteiger partial charge in [0.1, 0.15) is 17.6 Å². The van der Waals surface area contributed by atoms with E-state index in [0.717, 1.165) is 56.3 Å². The Balaban J connectivity index is 1.49. The number of carbonyl (C=O) groups is 1. The smallest absolute Gasteiger partial charge is 0.409 e. The molecule has 2 fully saturated rings. The Kier molecular flexibility index (Phi) is 5.53. The zero-order chi connectivity index (χ0) is 17.8. The number of anilines is 1. The van der Waals surface area contributed by atoms with Gasteiger partial charge in [0.25, 0.3) is 0 Å². The molecule has 2 heterocycles. The first-order valence-corrected chi connectivity index (χ1v) is 8.71. The molecule has 1 amide bonds. The van der Waals surface area contributed by atoms with Crippen LogP contribution in [-0.2, 0) is 4.74 Å². The van der Waals surface area contributed by atoms with Crippen LogP contribution in [0.15, 0.2) is 18.2 Å². The third-order valence-electron chi connectivity index (χ3n) is 4.90. The van der Waals surface area contributed by atoms with Crippen LogP contribution in [0.5, 0.6) is 11.5 Å². The molecule has 0 spiro atoms. The Morgan fingerprint density at radius 2 is 1.72 bits per heavy atom. The molecule has 25 heavy (non-hydrogen) atoms. The maximum absolute atomic E-state index is 11.4. The van der Waals surface area contributed by atoms with E-state index in [1.165, 1.54) is 0 Å². The Labute approximate surface area is 149 Å². The van der Waals surface area contributed by atoms with Crippen molar-refractivity contribution >= 4 is 11.8 Å². The van der Waals surface area contributed by atoms with Gasteiger partial charge in [-0.05, 0) is 6.42 Å². The van der Waals surface area contributed by atoms with E-state index in [4.69, 9.17) is 14.2 Å². The highest BCUT2D eigenvalue weighted by Crippen LogP contribution is 2.29. The van der Waals surface area contributed by atoms with Crippen molar-refractivity contribution in [2.24, 2.45) is 0 Å². The highest BCUT2D eigenvalue weighted by atomic mass is 16.6. The van der Waals surface area contributed by atoms with Gasteiger partial charge in [0.05, 0.1) is 20.8 Å². The number of hydrogen-bond donors (Lipinski definition) is 0. The van der Waals surface area contributed by atoms with E-state index >= 15 is 0 Å². The van der Waals surface area contributed by atoms with Crippen molar-refractivity contribution in [2.75, 3.05) is 65.4 Å². The molecule has 2 aliphatic rings. The first-order valence-electron chi connectivity index (χ1n) is 8.71. The van der Waals surface area contributed by atoms with Crippen molar-refractivity contribution in [3.8, 4) is 11.5 Å². The van der Waals surface area contributed by atoms with Gasteiger partial charge in [-0.1, -0.05) is 0 Å². The average molecular weight is 349 g/mol. The summed E-state index contributed by atoms with van der Waals surface area (Å²) in [6.45, 7) is 5.57. The molecule has 1 aromatic carbocycles. The van der Waals surface area contributed by atoms with Crippen LogP contribution >= 0.6 is 0 Å². The second-order valence-electron chi connectivity index (χ2n) is 6.57. The van der Waals surface area contributed by atoms with Crippen LogP contribution in [-0.4, -0.2) is 82.5 Å². The van der Waals surface area contributed by atoms with Gasteiger partial charge in [-0.15, -0.1) is 0 Å². The normalized spacial score (nSPS) is 21.4. The zero-order valence-corrected chi connectivity index (χ0v) is 15.2. The van der Waals surface area contributed by atoms with Gasteiger partial charge in [-0.3, -0.25) is 4.90 Å². The topological polar surface area (TPSA) is 54.5 Å². The Hall–Kier alpha value is -2.15. The molecule has 0 saturated carbocycles. The Morgan fingerprint density at radius 3 is 2.24 bits per heavy atom. The molecule has 1 atom stereocenters. The summed E-state index contributed by atoms with van der Waals surface area (Å²) in [5, 5.41) is 0. The van der Waals surface area contributed by atoms with Gasteiger partial charge >= 0.3 is 6.09 Å². The highest BCUT2D eigenvalue weighted by molar-refractivity contribution is 5.69. The first-order chi connectivity index (χ1) is 12.1. The first kappa shape index (κ1) is 17.7. The number of likely N-dealkylation sites (N-methyl/N-ethyl adjacent to an activating group) is 1. The summed E-state index contributed by atoms with van der Waals surface area (Å²) in [4.78, 5) is 17.8. The van der Waals surface area contributed by atoms with Crippen molar-refractivity contribution in [2.45, 2.75) is 12.5 Å². The Bertz CT molecular complexity index is 580. The van der Waals surface area contributed by atoms with Crippen LogP contribution in [0.4, 0.5) is 10.5 Å². The van der Waals surface area contributed by atoms with Crippen LogP contribution in [0.2, 0.25) is 0 Å². The number of amides is 1. The molecule has 2 saturated heterocycles. The molecule has 7 heteroatoms. The van der Waals surface area contributed by atoms with E-state index in [1.807, 2.05) is 18.2 Å². The van der Waals surface area contributed by atoms with Crippen molar-refractivity contribution < 1.29 is 19.0 Å². The van der Waals surface area contributed by atoms with Crippen molar-refractivity contribution in [3.63, 3.8) is 0 Å². The van der Waals surface area contributed by atoms with Gasteiger partial charge in [-0.25, -0.2) is 4.79 Å². The average Bonchev–Trinajstić information content (AvgIpc) is 2.97. The number of benzene rings is 1.